The summed E-state index contributed by atoms with van der Waals surface area (Å²) in [5.41, 5.74) is 0. The topological polar surface area (TPSA) is 9.72 Å². The van der Waals surface area contributed by atoms with E-state index < -0.39 is 0 Å². The van der Waals surface area contributed by atoms with Crippen LogP contribution in [0.1, 0.15) is 196 Å². The van der Waals surface area contributed by atoms with Crippen LogP contribution in [0.2, 0.25) is 0 Å². The van der Waals surface area contributed by atoms with Crippen molar-refractivity contribution in [2.24, 2.45) is 0 Å². The largest absolute Gasteiger partial charge is 3.00 e. The summed E-state index contributed by atoms with van der Waals surface area (Å²) in [6.45, 7) is 20.0. The third-order valence-electron chi connectivity index (χ3n) is 8.50. The van der Waals surface area contributed by atoms with Crippen LogP contribution in [0.25, 0.3) is 0 Å². The Morgan fingerprint density at radius 1 is 0.306 bits per heavy atom. The summed E-state index contributed by atoms with van der Waals surface area (Å²) in [6, 6.07) is 0. The zero-order chi connectivity index (χ0) is 36.7. The third-order valence-corrected chi connectivity index (χ3v) is 10.1. The van der Waals surface area contributed by atoms with Crippen molar-refractivity contribution in [2.75, 3.05) is 39.3 Å². The second-order valence-corrected chi connectivity index (χ2v) is 16.5. The van der Waals surface area contributed by atoms with Crippen molar-refractivity contribution in [3.05, 3.63) is 0 Å². The molecule has 0 amide bonds. The van der Waals surface area contributed by atoms with Crippen LogP contribution < -0.4 is 0 Å². The molecule has 0 bridgehead atoms. The van der Waals surface area contributed by atoms with E-state index in [4.69, 9.17) is 36.7 Å². The molecule has 0 heterocycles. The molecule has 0 unspecified atom stereocenters. The minimum atomic E-state index is 0. The maximum atomic E-state index is 5.16. The van der Waals surface area contributed by atoms with E-state index in [1.807, 2.05) is 0 Å². The van der Waals surface area contributed by atoms with Gasteiger partial charge in [0.1, 0.15) is 13.0 Å². The smallest absolute Gasteiger partial charge is 0.358 e. The molecule has 0 aromatic rings. The maximum Gasteiger partial charge on any atom is 3.00 e. The van der Waals surface area contributed by atoms with Gasteiger partial charge in [0.15, 0.2) is 0 Å². The van der Waals surface area contributed by atoms with Crippen LogP contribution in [-0.4, -0.2) is 66.9 Å². The molecule has 0 rings (SSSR count). The van der Waals surface area contributed by atoms with Crippen LogP contribution >= 0.6 is 74.5 Å². The quantitative estimate of drug-likeness (QED) is 0.0285. The van der Waals surface area contributed by atoms with Gasteiger partial charge in [-0.3, -0.25) is 0 Å². The molecule has 3 nitrogen and oxygen atoms in total. The molecular formula is C39H81N3RuS6+3. The number of hydrogen-bond donors (Lipinski definition) is 3. The predicted molar refractivity (Wildman–Crippen MR) is 244 cm³/mol. The SMILES string of the molecule is CCCCCCN(CCCCCC)C(=S)S.CCCCCCN(CCCCCC)C(=S)S.CCCCCCN(CCCCCC)C(=S)S.[Ru+3]. The summed E-state index contributed by atoms with van der Waals surface area (Å²) in [7, 11) is 0. The van der Waals surface area contributed by atoms with Gasteiger partial charge in [-0.25, -0.2) is 0 Å². The fourth-order valence-electron chi connectivity index (χ4n) is 5.29. The molecule has 0 atom stereocenters. The first-order valence-corrected chi connectivity index (χ1v) is 22.7. The number of unbranched alkanes of at least 4 members (excludes halogenated alkanes) is 18. The molecule has 0 aliphatic carbocycles. The van der Waals surface area contributed by atoms with Crippen molar-refractivity contribution in [1.29, 1.82) is 0 Å². The normalized spacial score (nSPS) is 10.2. The van der Waals surface area contributed by atoms with Gasteiger partial charge in [0, 0.05) is 39.3 Å². The molecule has 0 aliphatic rings. The summed E-state index contributed by atoms with van der Waals surface area (Å²) in [5, 5.41) is 0. The van der Waals surface area contributed by atoms with Gasteiger partial charge in [0.25, 0.3) is 0 Å². The van der Waals surface area contributed by atoms with Crippen molar-refractivity contribution < 1.29 is 19.5 Å². The van der Waals surface area contributed by atoms with Crippen molar-refractivity contribution >= 4 is 87.5 Å². The van der Waals surface area contributed by atoms with E-state index in [1.165, 1.54) is 154 Å². The van der Waals surface area contributed by atoms with Gasteiger partial charge in [-0.05, 0) is 38.5 Å². The van der Waals surface area contributed by atoms with E-state index in [0.717, 1.165) is 52.2 Å². The van der Waals surface area contributed by atoms with E-state index in [0.29, 0.717) is 0 Å². The average Bonchev–Trinajstić information content (AvgIpc) is 3.06. The Hall–Kier alpha value is 1.34. The van der Waals surface area contributed by atoms with E-state index >= 15 is 0 Å². The van der Waals surface area contributed by atoms with Gasteiger partial charge >= 0.3 is 19.5 Å². The first-order chi connectivity index (χ1) is 23.2. The van der Waals surface area contributed by atoms with Crippen LogP contribution in [0.5, 0.6) is 0 Å². The summed E-state index contributed by atoms with van der Waals surface area (Å²) in [5.74, 6) is 0. The molecule has 0 aliphatic heterocycles. The summed E-state index contributed by atoms with van der Waals surface area (Å²) in [4.78, 5) is 6.76. The molecule has 0 saturated heterocycles. The van der Waals surface area contributed by atoms with E-state index in [1.54, 1.807) is 0 Å². The van der Waals surface area contributed by atoms with Gasteiger partial charge in [0.2, 0.25) is 0 Å². The molecule has 49 heavy (non-hydrogen) atoms. The Morgan fingerprint density at radius 2 is 0.449 bits per heavy atom. The van der Waals surface area contributed by atoms with Gasteiger partial charge < -0.3 is 14.7 Å². The third kappa shape index (κ3) is 45.4. The molecule has 293 valence electrons. The molecule has 0 spiro atoms. The van der Waals surface area contributed by atoms with Gasteiger partial charge in [-0.2, -0.15) is 0 Å². The number of hydrogen-bond acceptors (Lipinski definition) is 3. The zero-order valence-electron chi connectivity index (χ0n) is 33.0. The molecule has 0 fully saturated rings. The summed E-state index contributed by atoms with van der Waals surface area (Å²) < 4.78 is 2.31. The van der Waals surface area contributed by atoms with Crippen molar-refractivity contribution in [3.63, 3.8) is 0 Å². The molecule has 0 aromatic heterocycles. The van der Waals surface area contributed by atoms with Gasteiger partial charge in [0.05, 0.1) is 0 Å². The molecule has 10 heteroatoms. The van der Waals surface area contributed by atoms with E-state index in [2.05, 4.69) is 94.1 Å². The number of rotatable bonds is 30. The number of thiocarbonyl (C=S) groups is 3. The first kappa shape index (κ1) is 57.1. The van der Waals surface area contributed by atoms with Crippen molar-refractivity contribution in [2.45, 2.75) is 196 Å². The van der Waals surface area contributed by atoms with Gasteiger partial charge in [-0.15, -0.1) is 37.9 Å². The number of thiol groups is 3. The van der Waals surface area contributed by atoms with E-state index in [9.17, 15) is 0 Å². The van der Waals surface area contributed by atoms with Crippen LogP contribution in [0.4, 0.5) is 0 Å². The van der Waals surface area contributed by atoms with Crippen LogP contribution in [-0.2, 0) is 19.5 Å². The Balaban J connectivity index is -0.000000307. The molecule has 0 aromatic carbocycles. The standard InChI is InChI=1S/3C13H27NS2.Ru/c3*1-3-5-7-9-11-14(13(15)16)12-10-8-6-4-2;/h3*3-12H2,1-2H3,(H,15,16);/q;;;+3. The molecule has 0 N–H and O–H groups in total. The Bertz CT molecular complexity index is 575. The predicted octanol–water partition coefficient (Wildman–Crippen LogP) is 14.0. The minimum Gasteiger partial charge on any atom is -0.358 e. The van der Waals surface area contributed by atoms with Crippen LogP contribution in [0, 0.1) is 0 Å². The Kier molecular flexibility index (Phi) is 55.2. The zero-order valence-corrected chi connectivity index (χ0v) is 39.8. The second-order valence-electron chi connectivity index (χ2n) is 13.2. The maximum absolute atomic E-state index is 5.16. The van der Waals surface area contributed by atoms with Gasteiger partial charge in [-0.1, -0.05) is 194 Å². The van der Waals surface area contributed by atoms with Crippen LogP contribution in [0.15, 0.2) is 0 Å². The second kappa shape index (κ2) is 47.4. The number of nitrogens with zero attached hydrogens (tertiary/aromatic N) is 3. The Labute approximate surface area is 353 Å². The minimum absolute atomic E-state index is 0. The monoisotopic (exact) mass is 885 g/mol. The average molecular weight is 886 g/mol. The fourth-order valence-corrected chi connectivity index (χ4v) is 6.43. The first-order valence-electron chi connectivity index (χ1n) is 20.1. The molecule has 1 radical (unpaired) electrons. The Morgan fingerprint density at radius 3 is 0.551 bits per heavy atom. The summed E-state index contributed by atoms with van der Waals surface area (Å²) >= 11 is 28.4. The molecule has 0 saturated carbocycles. The summed E-state index contributed by atoms with van der Waals surface area (Å²) in [6.07, 6.45) is 31.2. The fraction of sp³-hybridized carbons (Fsp3) is 0.923. The van der Waals surface area contributed by atoms with Crippen molar-refractivity contribution in [1.82, 2.24) is 14.7 Å². The molecular weight excluding hydrogens is 804 g/mol. The van der Waals surface area contributed by atoms with Crippen molar-refractivity contribution in [3.8, 4) is 0 Å². The van der Waals surface area contributed by atoms with E-state index in [-0.39, 0.29) is 19.5 Å². The van der Waals surface area contributed by atoms with Crippen LogP contribution in [0.3, 0.4) is 0 Å².